The van der Waals surface area contributed by atoms with Crippen LogP contribution in [0.25, 0.3) is 0 Å². The molecule has 1 nitrogen and oxygen atoms in total. The van der Waals surface area contributed by atoms with E-state index in [1.807, 2.05) is 17.4 Å². The zero-order valence-corrected chi connectivity index (χ0v) is 12.5. The summed E-state index contributed by atoms with van der Waals surface area (Å²) in [7, 11) is 0. The van der Waals surface area contributed by atoms with Crippen LogP contribution in [0.5, 0.6) is 0 Å². The Labute approximate surface area is 118 Å². The normalized spacial score (nSPS) is 12.6. The number of benzene rings is 1. The molecule has 1 aromatic heterocycles. The molecule has 0 radical (unpaired) electrons. The second-order valence-electron chi connectivity index (χ2n) is 4.83. The van der Waals surface area contributed by atoms with Gasteiger partial charge in [0.1, 0.15) is 5.82 Å². The fraction of sp³-hybridized carbons (Fsp3) is 0.375. The molecule has 2 aromatic rings. The van der Waals surface area contributed by atoms with E-state index in [2.05, 4.69) is 32.2 Å². The quantitative estimate of drug-likeness (QED) is 0.854. The lowest BCUT2D eigenvalue weighted by atomic mass is 10.0. The highest BCUT2D eigenvalue weighted by atomic mass is 32.1. The monoisotopic (exact) mass is 277 g/mol. The number of hydrogen-bond donors (Lipinski definition) is 1. The number of rotatable bonds is 5. The SMILES string of the molecule is CCNC(Cc1cccc(F)c1)c1cc(C)c(C)s1. The largest absolute Gasteiger partial charge is 0.309 e. The molecule has 0 saturated carbocycles. The second-order valence-corrected chi connectivity index (χ2v) is 6.12. The van der Waals surface area contributed by atoms with Gasteiger partial charge in [-0.15, -0.1) is 11.3 Å². The van der Waals surface area contributed by atoms with Crippen molar-refractivity contribution in [3.8, 4) is 0 Å². The minimum Gasteiger partial charge on any atom is -0.309 e. The smallest absolute Gasteiger partial charge is 0.123 e. The average Bonchev–Trinajstić information content (AvgIpc) is 2.69. The third-order valence-corrected chi connectivity index (χ3v) is 4.57. The molecule has 3 heteroatoms. The molecule has 0 fully saturated rings. The van der Waals surface area contributed by atoms with Crippen LogP contribution in [0.15, 0.2) is 30.3 Å². The van der Waals surface area contributed by atoms with Crippen LogP contribution >= 0.6 is 11.3 Å². The van der Waals surface area contributed by atoms with E-state index in [4.69, 9.17) is 0 Å². The molecule has 0 spiro atoms. The highest BCUT2D eigenvalue weighted by Crippen LogP contribution is 2.28. The van der Waals surface area contributed by atoms with Gasteiger partial charge < -0.3 is 5.32 Å². The van der Waals surface area contributed by atoms with Crippen molar-refractivity contribution in [3.63, 3.8) is 0 Å². The first-order valence-corrected chi connectivity index (χ1v) is 7.46. The lowest BCUT2D eigenvalue weighted by Crippen LogP contribution is -2.22. The van der Waals surface area contributed by atoms with Crippen LogP contribution < -0.4 is 5.32 Å². The molecule has 1 atom stereocenters. The van der Waals surface area contributed by atoms with Crippen LogP contribution in [0.4, 0.5) is 4.39 Å². The summed E-state index contributed by atoms with van der Waals surface area (Å²) in [5.74, 6) is -0.161. The van der Waals surface area contributed by atoms with Gasteiger partial charge in [0.2, 0.25) is 0 Å². The maximum absolute atomic E-state index is 13.3. The van der Waals surface area contributed by atoms with Gasteiger partial charge in [0, 0.05) is 15.8 Å². The summed E-state index contributed by atoms with van der Waals surface area (Å²) in [5, 5.41) is 3.50. The van der Waals surface area contributed by atoms with E-state index in [0.717, 1.165) is 18.5 Å². The topological polar surface area (TPSA) is 12.0 Å². The lowest BCUT2D eigenvalue weighted by molar-refractivity contribution is 0.554. The van der Waals surface area contributed by atoms with Gasteiger partial charge in [-0.05, 0) is 56.1 Å². The van der Waals surface area contributed by atoms with Gasteiger partial charge in [-0.3, -0.25) is 0 Å². The Balaban J connectivity index is 2.20. The number of hydrogen-bond acceptors (Lipinski definition) is 2. The molecule has 0 amide bonds. The Kier molecular flexibility index (Phi) is 4.72. The average molecular weight is 277 g/mol. The van der Waals surface area contributed by atoms with Crippen molar-refractivity contribution in [2.45, 2.75) is 33.2 Å². The van der Waals surface area contributed by atoms with Crippen LogP contribution in [0, 0.1) is 19.7 Å². The molecule has 0 aliphatic rings. The fourth-order valence-corrected chi connectivity index (χ4v) is 3.31. The Morgan fingerprint density at radius 2 is 2.05 bits per heavy atom. The van der Waals surface area contributed by atoms with Gasteiger partial charge in [0.05, 0.1) is 0 Å². The van der Waals surface area contributed by atoms with Gasteiger partial charge in [0.25, 0.3) is 0 Å². The minimum atomic E-state index is -0.161. The Morgan fingerprint density at radius 3 is 2.63 bits per heavy atom. The van der Waals surface area contributed by atoms with Crippen LogP contribution in [0.3, 0.4) is 0 Å². The summed E-state index contributed by atoms with van der Waals surface area (Å²) < 4.78 is 13.3. The van der Waals surface area contributed by atoms with E-state index in [1.165, 1.54) is 21.4 Å². The van der Waals surface area contributed by atoms with Crippen molar-refractivity contribution >= 4 is 11.3 Å². The van der Waals surface area contributed by atoms with Gasteiger partial charge >= 0.3 is 0 Å². The van der Waals surface area contributed by atoms with E-state index in [1.54, 1.807) is 12.1 Å². The van der Waals surface area contributed by atoms with Crippen molar-refractivity contribution < 1.29 is 4.39 Å². The first-order valence-electron chi connectivity index (χ1n) is 6.65. The molecule has 0 aliphatic carbocycles. The Hall–Kier alpha value is -1.19. The van der Waals surface area contributed by atoms with Crippen molar-refractivity contribution in [2.24, 2.45) is 0 Å². The van der Waals surface area contributed by atoms with Gasteiger partial charge in [-0.2, -0.15) is 0 Å². The molecule has 2 rings (SSSR count). The minimum absolute atomic E-state index is 0.161. The van der Waals surface area contributed by atoms with Crippen LogP contribution in [0.2, 0.25) is 0 Å². The maximum atomic E-state index is 13.3. The number of nitrogens with one attached hydrogen (secondary N) is 1. The van der Waals surface area contributed by atoms with E-state index < -0.39 is 0 Å². The molecule has 0 bridgehead atoms. The molecule has 1 heterocycles. The summed E-state index contributed by atoms with van der Waals surface area (Å²) in [6.45, 7) is 7.30. The van der Waals surface area contributed by atoms with Gasteiger partial charge in [-0.1, -0.05) is 19.1 Å². The molecular weight excluding hydrogens is 257 g/mol. The van der Waals surface area contributed by atoms with Crippen molar-refractivity contribution in [1.82, 2.24) is 5.32 Å². The number of thiophene rings is 1. The van der Waals surface area contributed by atoms with E-state index in [-0.39, 0.29) is 11.9 Å². The second kappa shape index (κ2) is 6.31. The van der Waals surface area contributed by atoms with Crippen molar-refractivity contribution in [3.05, 3.63) is 57.0 Å². The molecule has 19 heavy (non-hydrogen) atoms. The summed E-state index contributed by atoms with van der Waals surface area (Å²) in [6.07, 6.45) is 0.824. The number of likely N-dealkylation sites (N-methyl/N-ethyl adjacent to an activating group) is 1. The lowest BCUT2D eigenvalue weighted by Gasteiger charge is -2.16. The highest BCUT2D eigenvalue weighted by Gasteiger charge is 2.14. The van der Waals surface area contributed by atoms with Gasteiger partial charge in [0.15, 0.2) is 0 Å². The predicted octanol–water partition coefficient (Wildman–Crippen LogP) is 4.40. The Morgan fingerprint density at radius 1 is 1.26 bits per heavy atom. The first-order chi connectivity index (χ1) is 9.10. The zero-order chi connectivity index (χ0) is 13.8. The standard InChI is InChI=1S/C16H20FNS/c1-4-18-15(16-8-11(2)12(3)19-16)10-13-6-5-7-14(17)9-13/h5-9,15,18H,4,10H2,1-3H3. The maximum Gasteiger partial charge on any atom is 0.123 e. The molecule has 1 aromatic carbocycles. The van der Waals surface area contributed by atoms with Crippen LogP contribution in [0.1, 0.15) is 33.8 Å². The first kappa shape index (κ1) is 14.2. The number of halogens is 1. The molecule has 0 aliphatic heterocycles. The predicted molar refractivity (Wildman–Crippen MR) is 80.3 cm³/mol. The summed E-state index contributed by atoms with van der Waals surface area (Å²) >= 11 is 1.83. The van der Waals surface area contributed by atoms with E-state index >= 15 is 0 Å². The number of aryl methyl sites for hydroxylation is 2. The van der Waals surface area contributed by atoms with Crippen LogP contribution in [-0.4, -0.2) is 6.54 Å². The summed E-state index contributed by atoms with van der Waals surface area (Å²) in [6, 6.07) is 9.39. The molecule has 1 unspecified atom stereocenters. The third-order valence-electron chi connectivity index (χ3n) is 3.31. The molecule has 102 valence electrons. The zero-order valence-electron chi connectivity index (χ0n) is 11.7. The Bertz CT molecular complexity index is 528. The third kappa shape index (κ3) is 3.64. The van der Waals surface area contributed by atoms with Crippen molar-refractivity contribution in [2.75, 3.05) is 6.54 Å². The molecular formula is C16H20FNS. The van der Waals surface area contributed by atoms with Gasteiger partial charge in [-0.25, -0.2) is 4.39 Å². The van der Waals surface area contributed by atoms with Crippen LogP contribution in [-0.2, 0) is 6.42 Å². The molecule has 1 N–H and O–H groups in total. The van der Waals surface area contributed by atoms with Crippen molar-refractivity contribution in [1.29, 1.82) is 0 Å². The van der Waals surface area contributed by atoms with E-state index in [9.17, 15) is 4.39 Å². The summed E-state index contributed by atoms with van der Waals surface area (Å²) in [4.78, 5) is 2.69. The van der Waals surface area contributed by atoms with E-state index in [0.29, 0.717) is 0 Å². The highest BCUT2D eigenvalue weighted by molar-refractivity contribution is 7.12. The molecule has 0 saturated heterocycles. The summed E-state index contributed by atoms with van der Waals surface area (Å²) in [5.41, 5.74) is 2.37. The fourth-order valence-electron chi connectivity index (χ4n) is 2.19.